The second kappa shape index (κ2) is 7.12. The summed E-state index contributed by atoms with van der Waals surface area (Å²) in [7, 11) is 1.67. The van der Waals surface area contributed by atoms with Gasteiger partial charge in [-0.15, -0.1) is 0 Å². The number of ether oxygens (including phenoxy) is 1. The van der Waals surface area contributed by atoms with Gasteiger partial charge in [0.05, 0.1) is 13.2 Å². The molecule has 0 aliphatic carbocycles. The van der Waals surface area contributed by atoms with E-state index >= 15 is 0 Å². The Hall–Kier alpha value is -1.29. The average Bonchev–Trinajstić information content (AvgIpc) is 2.36. The van der Waals surface area contributed by atoms with Crippen molar-refractivity contribution in [3.8, 4) is 5.75 Å². The molecule has 4 heteroatoms. The zero-order chi connectivity index (χ0) is 12.7. The van der Waals surface area contributed by atoms with Crippen molar-refractivity contribution >= 4 is 17.3 Å². The van der Waals surface area contributed by atoms with E-state index in [-0.39, 0.29) is 6.04 Å². The first-order chi connectivity index (χ1) is 8.21. The van der Waals surface area contributed by atoms with Gasteiger partial charge in [-0.25, -0.2) is 0 Å². The van der Waals surface area contributed by atoms with Crippen molar-refractivity contribution < 1.29 is 4.74 Å². The topological polar surface area (TPSA) is 33.3 Å². The lowest BCUT2D eigenvalue weighted by Crippen LogP contribution is -2.37. The van der Waals surface area contributed by atoms with Gasteiger partial charge in [-0.3, -0.25) is 0 Å². The fourth-order valence-corrected chi connectivity index (χ4v) is 1.91. The zero-order valence-corrected chi connectivity index (χ0v) is 11.4. The van der Waals surface area contributed by atoms with Gasteiger partial charge in [0.1, 0.15) is 5.75 Å². The lowest BCUT2D eigenvalue weighted by molar-refractivity contribution is 0.414. The van der Waals surface area contributed by atoms with E-state index in [1.54, 1.807) is 7.11 Å². The molecule has 3 nitrogen and oxygen atoms in total. The van der Waals surface area contributed by atoms with Gasteiger partial charge in [0.15, 0.2) is 5.11 Å². The monoisotopic (exact) mass is 252 g/mol. The van der Waals surface area contributed by atoms with E-state index in [1.165, 1.54) is 5.56 Å². The summed E-state index contributed by atoms with van der Waals surface area (Å²) in [6.45, 7) is 5.00. The maximum absolute atomic E-state index is 5.20. The molecular weight excluding hydrogens is 232 g/mol. The summed E-state index contributed by atoms with van der Waals surface area (Å²) < 4.78 is 5.14. The molecule has 0 saturated heterocycles. The lowest BCUT2D eigenvalue weighted by Gasteiger charge is -2.19. The van der Waals surface area contributed by atoms with Gasteiger partial charge in [-0.05, 0) is 43.3 Å². The summed E-state index contributed by atoms with van der Waals surface area (Å²) in [4.78, 5) is 0. The minimum absolute atomic E-state index is 0.243. The van der Waals surface area contributed by atoms with Crippen LogP contribution in [-0.2, 0) is 0 Å². The van der Waals surface area contributed by atoms with Crippen LogP contribution in [0.5, 0.6) is 5.75 Å². The van der Waals surface area contributed by atoms with Gasteiger partial charge in [-0.1, -0.05) is 19.1 Å². The third-order valence-electron chi connectivity index (χ3n) is 2.57. The SMILES string of the molecule is CCNC(=S)N[C@@H](CC)c1ccc(OC)cc1. The quantitative estimate of drug-likeness (QED) is 0.789. The summed E-state index contributed by atoms with van der Waals surface area (Å²) in [5.41, 5.74) is 1.22. The van der Waals surface area contributed by atoms with Crippen molar-refractivity contribution in [2.45, 2.75) is 26.3 Å². The Morgan fingerprint density at radius 1 is 1.29 bits per heavy atom. The summed E-state index contributed by atoms with van der Waals surface area (Å²) in [6, 6.07) is 8.31. The lowest BCUT2D eigenvalue weighted by atomic mass is 10.0. The fourth-order valence-electron chi connectivity index (χ4n) is 1.63. The highest BCUT2D eigenvalue weighted by Gasteiger charge is 2.09. The largest absolute Gasteiger partial charge is 0.497 e. The normalized spacial score (nSPS) is 11.7. The second-order valence-corrected chi connectivity index (χ2v) is 4.15. The molecule has 0 heterocycles. The van der Waals surface area contributed by atoms with E-state index in [1.807, 2.05) is 19.1 Å². The molecule has 0 spiro atoms. The first kappa shape index (κ1) is 13.8. The molecule has 1 atom stereocenters. The molecular formula is C13H20N2OS. The molecule has 0 aliphatic heterocycles. The minimum atomic E-state index is 0.243. The Labute approximate surface area is 109 Å². The molecule has 0 fully saturated rings. The summed E-state index contributed by atoms with van der Waals surface area (Å²) >= 11 is 5.20. The van der Waals surface area contributed by atoms with Crippen LogP contribution in [0.3, 0.4) is 0 Å². The Bertz CT molecular complexity index is 351. The number of methoxy groups -OCH3 is 1. The number of benzene rings is 1. The first-order valence-electron chi connectivity index (χ1n) is 5.89. The van der Waals surface area contributed by atoms with Crippen molar-refractivity contribution in [2.24, 2.45) is 0 Å². The molecule has 17 heavy (non-hydrogen) atoms. The third kappa shape index (κ3) is 4.23. The van der Waals surface area contributed by atoms with Crippen molar-refractivity contribution in [1.29, 1.82) is 0 Å². The predicted octanol–water partition coefficient (Wildman–Crippen LogP) is 2.63. The molecule has 1 rings (SSSR count). The van der Waals surface area contributed by atoms with E-state index in [9.17, 15) is 0 Å². The highest BCUT2D eigenvalue weighted by molar-refractivity contribution is 7.80. The zero-order valence-electron chi connectivity index (χ0n) is 10.6. The van der Waals surface area contributed by atoms with Gasteiger partial charge in [0.25, 0.3) is 0 Å². The van der Waals surface area contributed by atoms with Crippen LogP contribution in [0.1, 0.15) is 31.9 Å². The number of thiocarbonyl (C=S) groups is 1. The highest BCUT2D eigenvalue weighted by Crippen LogP contribution is 2.19. The Morgan fingerprint density at radius 2 is 1.94 bits per heavy atom. The van der Waals surface area contributed by atoms with E-state index in [2.05, 4.69) is 29.7 Å². The molecule has 0 aromatic heterocycles. The van der Waals surface area contributed by atoms with Crippen LogP contribution in [0.25, 0.3) is 0 Å². The number of rotatable bonds is 5. The standard InChI is InChI=1S/C13H20N2OS/c1-4-12(15-13(17)14-5-2)10-6-8-11(16-3)9-7-10/h6-9,12H,4-5H2,1-3H3,(H2,14,15,17)/t12-/m0/s1. The molecule has 0 bridgehead atoms. The molecule has 94 valence electrons. The molecule has 0 saturated carbocycles. The van der Waals surface area contributed by atoms with Crippen LogP contribution in [-0.4, -0.2) is 18.8 Å². The van der Waals surface area contributed by atoms with E-state index in [4.69, 9.17) is 17.0 Å². The van der Waals surface area contributed by atoms with Crippen LogP contribution >= 0.6 is 12.2 Å². The van der Waals surface area contributed by atoms with Crippen molar-refractivity contribution in [2.75, 3.05) is 13.7 Å². The maximum atomic E-state index is 5.20. The van der Waals surface area contributed by atoms with Gasteiger partial charge in [-0.2, -0.15) is 0 Å². The molecule has 1 aromatic carbocycles. The predicted molar refractivity (Wildman–Crippen MR) is 75.4 cm³/mol. The van der Waals surface area contributed by atoms with Crippen LogP contribution in [0.2, 0.25) is 0 Å². The first-order valence-corrected chi connectivity index (χ1v) is 6.30. The van der Waals surface area contributed by atoms with E-state index < -0.39 is 0 Å². The van der Waals surface area contributed by atoms with Crippen LogP contribution < -0.4 is 15.4 Å². The molecule has 1 aromatic rings. The molecule has 0 amide bonds. The van der Waals surface area contributed by atoms with Gasteiger partial charge < -0.3 is 15.4 Å². The minimum Gasteiger partial charge on any atom is -0.497 e. The summed E-state index contributed by atoms with van der Waals surface area (Å²) in [6.07, 6.45) is 0.984. The number of nitrogens with one attached hydrogen (secondary N) is 2. The number of hydrogen-bond donors (Lipinski definition) is 2. The smallest absolute Gasteiger partial charge is 0.166 e. The summed E-state index contributed by atoms with van der Waals surface area (Å²) in [5.74, 6) is 0.873. The third-order valence-corrected chi connectivity index (χ3v) is 2.83. The number of hydrogen-bond acceptors (Lipinski definition) is 2. The molecule has 0 unspecified atom stereocenters. The van der Waals surface area contributed by atoms with Crippen LogP contribution in [0.4, 0.5) is 0 Å². The van der Waals surface area contributed by atoms with Crippen molar-refractivity contribution in [3.05, 3.63) is 29.8 Å². The molecule has 0 aliphatic rings. The van der Waals surface area contributed by atoms with Crippen molar-refractivity contribution in [1.82, 2.24) is 10.6 Å². The Balaban J connectivity index is 2.68. The van der Waals surface area contributed by atoms with Gasteiger partial charge in [0.2, 0.25) is 0 Å². The Morgan fingerprint density at radius 3 is 2.41 bits per heavy atom. The maximum Gasteiger partial charge on any atom is 0.166 e. The highest BCUT2D eigenvalue weighted by atomic mass is 32.1. The van der Waals surface area contributed by atoms with Crippen LogP contribution in [0, 0.1) is 0 Å². The molecule has 2 N–H and O–H groups in total. The van der Waals surface area contributed by atoms with Crippen molar-refractivity contribution in [3.63, 3.8) is 0 Å². The Kier molecular flexibility index (Phi) is 5.77. The van der Waals surface area contributed by atoms with E-state index in [0.717, 1.165) is 18.7 Å². The summed E-state index contributed by atoms with van der Waals surface area (Å²) in [5, 5.41) is 7.10. The van der Waals surface area contributed by atoms with Crippen LogP contribution in [0.15, 0.2) is 24.3 Å². The van der Waals surface area contributed by atoms with Gasteiger partial charge in [0, 0.05) is 6.54 Å². The second-order valence-electron chi connectivity index (χ2n) is 3.74. The van der Waals surface area contributed by atoms with E-state index in [0.29, 0.717) is 5.11 Å². The average molecular weight is 252 g/mol. The van der Waals surface area contributed by atoms with Gasteiger partial charge >= 0.3 is 0 Å². The molecule has 0 radical (unpaired) electrons. The fraction of sp³-hybridized carbons (Fsp3) is 0.462.